The van der Waals surface area contributed by atoms with Gasteiger partial charge in [-0.25, -0.2) is 0 Å². The molecule has 0 aromatic carbocycles. The fourth-order valence-corrected chi connectivity index (χ4v) is 0.962. The predicted octanol–water partition coefficient (Wildman–Crippen LogP) is 0.548. The van der Waals surface area contributed by atoms with Crippen molar-refractivity contribution in [3.63, 3.8) is 0 Å². The number of hydrogen-bond acceptors (Lipinski definition) is 2. The molecule has 0 radical (unpaired) electrons. The van der Waals surface area contributed by atoms with E-state index in [1.165, 1.54) is 0 Å². The maximum Gasteiger partial charge on any atom is 0.0885 e. The predicted molar refractivity (Wildman–Crippen MR) is 30.7 cm³/mol. The number of aliphatic hydroxyl groups excluding tert-OH is 1. The molecule has 1 heterocycles. The van der Waals surface area contributed by atoms with Crippen LogP contribution in [0, 0.1) is 0 Å². The highest BCUT2D eigenvalue weighted by Crippen LogP contribution is 2.23. The highest BCUT2D eigenvalue weighted by Gasteiger charge is 2.28. The van der Waals surface area contributed by atoms with Gasteiger partial charge in [-0.3, -0.25) is 0 Å². The quantitative estimate of drug-likeness (QED) is 0.542. The zero-order valence-corrected chi connectivity index (χ0v) is 5.18. The molecule has 0 spiro atoms. The van der Waals surface area contributed by atoms with E-state index in [4.69, 9.17) is 9.84 Å². The molecule has 1 atom stereocenters. The highest BCUT2D eigenvalue weighted by atomic mass is 16.5. The van der Waals surface area contributed by atoms with Crippen molar-refractivity contribution in [2.24, 2.45) is 0 Å². The molecule has 1 saturated heterocycles. The lowest BCUT2D eigenvalue weighted by Gasteiger charge is -2.18. The maximum atomic E-state index is 8.70. The van der Waals surface area contributed by atoms with Crippen molar-refractivity contribution >= 4 is 0 Å². The molecule has 1 rings (SSSR count). The fourth-order valence-electron chi connectivity index (χ4n) is 0.962. The van der Waals surface area contributed by atoms with Crippen molar-refractivity contribution in [1.82, 2.24) is 0 Å². The molecule has 48 valence electrons. The number of rotatable bonds is 1. The van der Waals surface area contributed by atoms with Crippen LogP contribution in [0.3, 0.4) is 0 Å². The second-order valence-corrected chi connectivity index (χ2v) is 2.56. The summed E-state index contributed by atoms with van der Waals surface area (Å²) < 4.78 is 5.24. The van der Waals surface area contributed by atoms with E-state index in [0.717, 1.165) is 19.4 Å². The Labute approximate surface area is 49.5 Å². The van der Waals surface area contributed by atoms with Crippen molar-refractivity contribution < 1.29 is 9.84 Å². The lowest BCUT2D eigenvalue weighted by Crippen LogP contribution is -2.27. The molecular formula is C6H12O2. The summed E-state index contributed by atoms with van der Waals surface area (Å²) >= 11 is 0. The minimum absolute atomic E-state index is 0.160. The third-order valence-corrected chi connectivity index (χ3v) is 1.63. The van der Waals surface area contributed by atoms with Crippen molar-refractivity contribution in [3.05, 3.63) is 0 Å². The van der Waals surface area contributed by atoms with Crippen LogP contribution >= 0.6 is 0 Å². The minimum atomic E-state index is -0.208. The Balaban J connectivity index is 2.40. The monoisotopic (exact) mass is 116 g/mol. The van der Waals surface area contributed by atoms with Gasteiger partial charge in [-0.05, 0) is 19.8 Å². The second kappa shape index (κ2) is 2.03. The van der Waals surface area contributed by atoms with Gasteiger partial charge in [0.2, 0.25) is 0 Å². The molecule has 0 aliphatic carbocycles. The summed E-state index contributed by atoms with van der Waals surface area (Å²) in [7, 11) is 0. The molecule has 0 unspecified atom stereocenters. The molecular weight excluding hydrogens is 104 g/mol. The van der Waals surface area contributed by atoms with Gasteiger partial charge < -0.3 is 9.84 Å². The van der Waals surface area contributed by atoms with Gasteiger partial charge in [0.05, 0.1) is 12.2 Å². The van der Waals surface area contributed by atoms with Crippen LogP contribution in [0.5, 0.6) is 0 Å². The SMILES string of the molecule is C[C@]1(CO)CCCO1. The first-order chi connectivity index (χ1) is 3.77. The van der Waals surface area contributed by atoms with Crippen LogP contribution in [0.25, 0.3) is 0 Å². The Bertz CT molecular complexity index is 74.6. The molecule has 0 amide bonds. The molecule has 0 bridgehead atoms. The molecule has 2 heteroatoms. The lowest BCUT2D eigenvalue weighted by molar-refractivity contribution is -0.0236. The topological polar surface area (TPSA) is 29.5 Å². The van der Waals surface area contributed by atoms with Gasteiger partial charge in [0.25, 0.3) is 0 Å². The summed E-state index contributed by atoms with van der Waals surface area (Å²) in [5.74, 6) is 0. The van der Waals surface area contributed by atoms with E-state index in [1.54, 1.807) is 0 Å². The zero-order chi connectivity index (χ0) is 6.04. The Morgan fingerprint density at radius 2 is 2.50 bits per heavy atom. The third kappa shape index (κ3) is 1.01. The van der Waals surface area contributed by atoms with E-state index < -0.39 is 0 Å². The largest absolute Gasteiger partial charge is 0.393 e. The van der Waals surface area contributed by atoms with E-state index >= 15 is 0 Å². The van der Waals surface area contributed by atoms with Crippen LogP contribution in [-0.4, -0.2) is 23.9 Å². The first-order valence-electron chi connectivity index (χ1n) is 3.02. The van der Waals surface area contributed by atoms with Gasteiger partial charge in [-0.1, -0.05) is 0 Å². The molecule has 0 aromatic rings. The van der Waals surface area contributed by atoms with E-state index in [1.807, 2.05) is 6.92 Å². The third-order valence-electron chi connectivity index (χ3n) is 1.63. The Kier molecular flexibility index (Phi) is 1.54. The normalized spacial score (nSPS) is 38.2. The first-order valence-corrected chi connectivity index (χ1v) is 3.02. The number of ether oxygens (including phenoxy) is 1. The highest BCUT2D eigenvalue weighted by molar-refractivity contribution is 4.78. The maximum absolute atomic E-state index is 8.70. The molecule has 1 aliphatic heterocycles. The summed E-state index contributed by atoms with van der Waals surface area (Å²) in [6, 6.07) is 0. The molecule has 1 N–H and O–H groups in total. The van der Waals surface area contributed by atoms with Gasteiger partial charge in [-0.2, -0.15) is 0 Å². The Morgan fingerprint density at radius 1 is 1.75 bits per heavy atom. The van der Waals surface area contributed by atoms with Gasteiger partial charge in [-0.15, -0.1) is 0 Å². The van der Waals surface area contributed by atoms with Crippen LogP contribution in [-0.2, 0) is 4.74 Å². The summed E-state index contributed by atoms with van der Waals surface area (Å²) in [6.07, 6.45) is 2.10. The van der Waals surface area contributed by atoms with Crippen molar-refractivity contribution in [3.8, 4) is 0 Å². The van der Waals surface area contributed by atoms with Crippen molar-refractivity contribution in [2.75, 3.05) is 13.2 Å². The molecule has 1 aliphatic rings. The molecule has 1 fully saturated rings. The van der Waals surface area contributed by atoms with Crippen LogP contribution in [0.4, 0.5) is 0 Å². The van der Waals surface area contributed by atoms with Crippen LogP contribution in [0.1, 0.15) is 19.8 Å². The van der Waals surface area contributed by atoms with Crippen LogP contribution in [0.15, 0.2) is 0 Å². The average molecular weight is 116 g/mol. The van der Waals surface area contributed by atoms with Crippen LogP contribution < -0.4 is 0 Å². The standard InChI is InChI=1S/C6H12O2/c1-6(5-7)3-2-4-8-6/h7H,2-5H2,1H3/t6-/m1/s1. The molecule has 0 aromatic heterocycles. The molecule has 2 nitrogen and oxygen atoms in total. The van der Waals surface area contributed by atoms with Crippen molar-refractivity contribution in [2.45, 2.75) is 25.4 Å². The summed E-state index contributed by atoms with van der Waals surface area (Å²) in [5.41, 5.74) is -0.208. The summed E-state index contributed by atoms with van der Waals surface area (Å²) in [6.45, 7) is 2.92. The van der Waals surface area contributed by atoms with E-state index in [-0.39, 0.29) is 12.2 Å². The van der Waals surface area contributed by atoms with Crippen LogP contribution in [0.2, 0.25) is 0 Å². The van der Waals surface area contributed by atoms with Gasteiger partial charge in [0.1, 0.15) is 0 Å². The van der Waals surface area contributed by atoms with Crippen molar-refractivity contribution in [1.29, 1.82) is 0 Å². The van der Waals surface area contributed by atoms with Gasteiger partial charge in [0, 0.05) is 6.61 Å². The fraction of sp³-hybridized carbons (Fsp3) is 1.00. The van der Waals surface area contributed by atoms with Gasteiger partial charge in [0.15, 0.2) is 0 Å². The number of aliphatic hydroxyl groups is 1. The average Bonchev–Trinajstić information content (AvgIpc) is 2.17. The molecule has 8 heavy (non-hydrogen) atoms. The van der Waals surface area contributed by atoms with E-state index in [9.17, 15) is 0 Å². The lowest BCUT2D eigenvalue weighted by atomic mass is 10.1. The molecule has 0 saturated carbocycles. The second-order valence-electron chi connectivity index (χ2n) is 2.56. The van der Waals surface area contributed by atoms with E-state index in [0.29, 0.717) is 0 Å². The Hall–Kier alpha value is -0.0800. The summed E-state index contributed by atoms with van der Waals surface area (Å²) in [5, 5.41) is 8.70. The van der Waals surface area contributed by atoms with E-state index in [2.05, 4.69) is 0 Å². The zero-order valence-electron chi connectivity index (χ0n) is 5.18. The number of hydrogen-bond donors (Lipinski definition) is 1. The Morgan fingerprint density at radius 3 is 2.75 bits per heavy atom. The first kappa shape index (κ1) is 6.05. The smallest absolute Gasteiger partial charge is 0.0885 e. The summed E-state index contributed by atoms with van der Waals surface area (Å²) in [4.78, 5) is 0. The van der Waals surface area contributed by atoms with Gasteiger partial charge >= 0.3 is 0 Å². The minimum Gasteiger partial charge on any atom is -0.393 e.